The van der Waals surface area contributed by atoms with Crippen LogP contribution >= 0.6 is 0 Å². The Hall–Kier alpha value is -0.990. The van der Waals surface area contributed by atoms with Crippen molar-refractivity contribution < 1.29 is 14.6 Å². The van der Waals surface area contributed by atoms with E-state index in [1.165, 1.54) is 0 Å². The van der Waals surface area contributed by atoms with Crippen molar-refractivity contribution in [3.63, 3.8) is 0 Å². The molecular weight excluding hydrogens is 144 g/mol. The standard InChI is InChI=1S/C8H14O3/c1-4-11-7(8(9)10)5-6(2)3/h5-6H,4H2,1-3H3,(H,9,10)/b7-5-. The number of carbonyl (C=O) groups is 1. The Morgan fingerprint density at radius 3 is 2.45 bits per heavy atom. The molecule has 3 nitrogen and oxygen atoms in total. The molecule has 0 saturated carbocycles. The molecule has 0 unspecified atom stereocenters. The van der Waals surface area contributed by atoms with E-state index >= 15 is 0 Å². The number of carboxylic acids is 1. The van der Waals surface area contributed by atoms with Crippen molar-refractivity contribution in [1.29, 1.82) is 0 Å². The fourth-order valence-electron chi connectivity index (χ4n) is 0.639. The Kier molecular flexibility index (Phi) is 4.34. The SMILES string of the molecule is CCO/C(=C\C(C)C)C(=O)O. The van der Waals surface area contributed by atoms with Crippen molar-refractivity contribution >= 4 is 5.97 Å². The summed E-state index contributed by atoms with van der Waals surface area (Å²) in [6.45, 7) is 5.96. The fraction of sp³-hybridized carbons (Fsp3) is 0.625. The van der Waals surface area contributed by atoms with E-state index in [2.05, 4.69) is 0 Å². The molecule has 0 amide bonds. The fourth-order valence-corrected chi connectivity index (χ4v) is 0.639. The Morgan fingerprint density at radius 2 is 2.18 bits per heavy atom. The second-order valence-electron chi connectivity index (χ2n) is 2.51. The number of hydrogen-bond donors (Lipinski definition) is 1. The molecule has 0 radical (unpaired) electrons. The van der Waals surface area contributed by atoms with Crippen LogP contribution in [0.2, 0.25) is 0 Å². The van der Waals surface area contributed by atoms with E-state index in [4.69, 9.17) is 9.84 Å². The highest BCUT2D eigenvalue weighted by molar-refractivity contribution is 5.84. The van der Waals surface area contributed by atoms with Gasteiger partial charge in [-0.05, 0) is 18.9 Å². The molecule has 0 aromatic heterocycles. The molecule has 1 N–H and O–H groups in total. The first-order valence-corrected chi connectivity index (χ1v) is 3.65. The Bertz CT molecular complexity index is 159. The van der Waals surface area contributed by atoms with Gasteiger partial charge in [-0.25, -0.2) is 4.79 Å². The van der Waals surface area contributed by atoms with E-state index in [1.807, 2.05) is 13.8 Å². The summed E-state index contributed by atoms with van der Waals surface area (Å²) in [6, 6.07) is 0. The number of carboxylic acid groups (broad SMARTS) is 1. The third-order valence-electron chi connectivity index (χ3n) is 0.995. The summed E-state index contributed by atoms with van der Waals surface area (Å²) < 4.78 is 4.88. The van der Waals surface area contributed by atoms with Crippen LogP contribution in [-0.2, 0) is 9.53 Å². The summed E-state index contributed by atoms with van der Waals surface area (Å²) >= 11 is 0. The molecule has 11 heavy (non-hydrogen) atoms. The van der Waals surface area contributed by atoms with Gasteiger partial charge in [0.15, 0.2) is 0 Å². The lowest BCUT2D eigenvalue weighted by Gasteiger charge is -2.04. The molecule has 0 aliphatic heterocycles. The normalized spacial score (nSPS) is 11.8. The Labute approximate surface area is 66.7 Å². The number of rotatable bonds is 4. The average Bonchev–Trinajstić information content (AvgIpc) is 1.86. The van der Waals surface area contributed by atoms with Crippen molar-refractivity contribution in [1.82, 2.24) is 0 Å². The molecule has 0 heterocycles. The third kappa shape index (κ3) is 4.42. The first kappa shape index (κ1) is 10.0. The molecule has 0 aromatic carbocycles. The Morgan fingerprint density at radius 1 is 1.64 bits per heavy atom. The van der Waals surface area contributed by atoms with Crippen molar-refractivity contribution in [3.8, 4) is 0 Å². The number of hydrogen-bond acceptors (Lipinski definition) is 2. The lowest BCUT2D eigenvalue weighted by atomic mass is 10.2. The minimum Gasteiger partial charge on any atom is -0.487 e. The molecule has 0 bridgehead atoms. The second-order valence-corrected chi connectivity index (χ2v) is 2.51. The highest BCUT2D eigenvalue weighted by Crippen LogP contribution is 2.03. The molecular formula is C8H14O3. The van der Waals surface area contributed by atoms with Gasteiger partial charge < -0.3 is 9.84 Å². The number of ether oxygens (including phenoxy) is 1. The molecule has 0 saturated heterocycles. The molecule has 0 fully saturated rings. The highest BCUT2D eigenvalue weighted by atomic mass is 16.5. The van der Waals surface area contributed by atoms with Gasteiger partial charge in [0.25, 0.3) is 0 Å². The second kappa shape index (κ2) is 4.77. The van der Waals surface area contributed by atoms with E-state index in [0.29, 0.717) is 6.61 Å². The summed E-state index contributed by atoms with van der Waals surface area (Å²) in [6.07, 6.45) is 1.59. The smallest absolute Gasteiger partial charge is 0.370 e. The molecule has 0 atom stereocenters. The van der Waals surface area contributed by atoms with Crippen molar-refractivity contribution in [2.24, 2.45) is 5.92 Å². The summed E-state index contributed by atoms with van der Waals surface area (Å²) in [5.74, 6) is -0.754. The van der Waals surface area contributed by atoms with Crippen molar-refractivity contribution in [2.45, 2.75) is 20.8 Å². The number of allylic oxidation sites excluding steroid dienone is 1. The topological polar surface area (TPSA) is 46.5 Å². The molecule has 0 aliphatic rings. The minimum absolute atomic E-state index is 0.0440. The quantitative estimate of drug-likeness (QED) is 0.499. The molecule has 64 valence electrons. The summed E-state index contributed by atoms with van der Waals surface area (Å²) in [5, 5.41) is 8.56. The van der Waals surface area contributed by atoms with Gasteiger partial charge in [-0.15, -0.1) is 0 Å². The van der Waals surface area contributed by atoms with Crippen LogP contribution in [0.3, 0.4) is 0 Å². The summed E-state index contributed by atoms with van der Waals surface area (Å²) in [4.78, 5) is 10.4. The van der Waals surface area contributed by atoms with Crippen LogP contribution in [0.15, 0.2) is 11.8 Å². The maximum atomic E-state index is 10.4. The van der Waals surface area contributed by atoms with Crippen LogP contribution in [0.4, 0.5) is 0 Å². The Balaban J connectivity index is 4.20. The van der Waals surface area contributed by atoms with Gasteiger partial charge >= 0.3 is 5.97 Å². The highest BCUT2D eigenvalue weighted by Gasteiger charge is 2.07. The predicted molar refractivity (Wildman–Crippen MR) is 42.2 cm³/mol. The van der Waals surface area contributed by atoms with Crippen molar-refractivity contribution in [2.75, 3.05) is 6.61 Å². The monoisotopic (exact) mass is 158 g/mol. The molecule has 0 rings (SSSR count). The van der Waals surface area contributed by atoms with E-state index in [0.717, 1.165) is 0 Å². The minimum atomic E-state index is -0.999. The van der Waals surface area contributed by atoms with E-state index in [9.17, 15) is 4.79 Å². The van der Waals surface area contributed by atoms with Gasteiger partial charge in [-0.3, -0.25) is 0 Å². The van der Waals surface area contributed by atoms with Crippen LogP contribution < -0.4 is 0 Å². The maximum absolute atomic E-state index is 10.4. The molecule has 3 heteroatoms. The maximum Gasteiger partial charge on any atom is 0.370 e. The average molecular weight is 158 g/mol. The van der Waals surface area contributed by atoms with Gasteiger partial charge in [0.1, 0.15) is 0 Å². The van der Waals surface area contributed by atoms with Crippen LogP contribution in [0.5, 0.6) is 0 Å². The zero-order valence-corrected chi connectivity index (χ0v) is 7.13. The first-order chi connectivity index (χ1) is 5.07. The van der Waals surface area contributed by atoms with Gasteiger partial charge in [0.2, 0.25) is 5.76 Å². The van der Waals surface area contributed by atoms with Gasteiger partial charge in [-0.1, -0.05) is 13.8 Å². The third-order valence-corrected chi connectivity index (χ3v) is 0.995. The van der Waals surface area contributed by atoms with E-state index in [1.54, 1.807) is 13.0 Å². The van der Waals surface area contributed by atoms with Gasteiger partial charge in [-0.2, -0.15) is 0 Å². The number of aliphatic carboxylic acids is 1. The lowest BCUT2D eigenvalue weighted by molar-refractivity contribution is -0.136. The zero-order valence-electron chi connectivity index (χ0n) is 7.13. The van der Waals surface area contributed by atoms with Crippen LogP contribution in [0.1, 0.15) is 20.8 Å². The van der Waals surface area contributed by atoms with Crippen LogP contribution in [0.25, 0.3) is 0 Å². The first-order valence-electron chi connectivity index (χ1n) is 3.65. The van der Waals surface area contributed by atoms with Crippen molar-refractivity contribution in [3.05, 3.63) is 11.8 Å². The lowest BCUT2D eigenvalue weighted by Crippen LogP contribution is -2.06. The van der Waals surface area contributed by atoms with Crippen LogP contribution in [-0.4, -0.2) is 17.7 Å². The largest absolute Gasteiger partial charge is 0.487 e. The van der Waals surface area contributed by atoms with Gasteiger partial charge in [0.05, 0.1) is 6.61 Å². The van der Waals surface area contributed by atoms with E-state index < -0.39 is 5.97 Å². The molecule has 0 aromatic rings. The van der Waals surface area contributed by atoms with Crippen LogP contribution in [0, 0.1) is 5.92 Å². The predicted octanol–water partition coefficient (Wildman–Crippen LogP) is 1.65. The van der Waals surface area contributed by atoms with E-state index in [-0.39, 0.29) is 11.7 Å². The molecule has 0 aliphatic carbocycles. The summed E-state index contributed by atoms with van der Waals surface area (Å²) in [5.41, 5.74) is 0. The zero-order chi connectivity index (χ0) is 8.85. The van der Waals surface area contributed by atoms with Gasteiger partial charge in [0, 0.05) is 0 Å². The molecule has 0 spiro atoms. The summed E-state index contributed by atoms with van der Waals surface area (Å²) in [7, 11) is 0.